The van der Waals surface area contributed by atoms with Gasteiger partial charge in [-0.1, -0.05) is 63.6 Å². The van der Waals surface area contributed by atoms with E-state index in [2.05, 4.69) is 31.2 Å². The van der Waals surface area contributed by atoms with Crippen LogP contribution >= 0.6 is 12.0 Å². The van der Waals surface area contributed by atoms with Gasteiger partial charge in [0.2, 0.25) is 0 Å². The normalized spacial score (nSPS) is 18.3. The highest BCUT2D eigenvalue weighted by Gasteiger charge is 2.21. The van der Waals surface area contributed by atoms with Crippen molar-refractivity contribution in [3.8, 4) is 0 Å². The molecule has 25 heavy (non-hydrogen) atoms. The zero-order valence-electron chi connectivity index (χ0n) is 14.8. The Morgan fingerprint density at radius 2 is 1.40 bits per heavy atom. The first kappa shape index (κ1) is 31.9. The molecule has 1 aromatic carbocycles. The van der Waals surface area contributed by atoms with Gasteiger partial charge in [0, 0.05) is 16.9 Å². The van der Waals surface area contributed by atoms with Crippen molar-refractivity contribution in [3.63, 3.8) is 0 Å². The van der Waals surface area contributed by atoms with E-state index < -0.39 is 0 Å². The number of halogens is 5. The van der Waals surface area contributed by atoms with E-state index in [1.807, 2.05) is 6.07 Å². The van der Waals surface area contributed by atoms with Gasteiger partial charge in [-0.2, -0.15) is 0 Å². The van der Waals surface area contributed by atoms with Crippen LogP contribution in [0.15, 0.2) is 35.2 Å². The van der Waals surface area contributed by atoms with Crippen molar-refractivity contribution in [1.29, 1.82) is 0 Å². The fraction of sp³-hybridized carbons (Fsp3) is 0.667. The fourth-order valence-corrected chi connectivity index (χ4v) is 3.71. The molecular weight excluding hydrogens is 359 g/mol. The summed E-state index contributed by atoms with van der Waals surface area (Å²) in [6.07, 6.45) is 11.2. The third kappa shape index (κ3) is 13.1. The van der Waals surface area contributed by atoms with Gasteiger partial charge in [0.05, 0.1) is 6.61 Å². The van der Waals surface area contributed by atoms with Gasteiger partial charge in [-0.25, -0.2) is 0 Å². The zero-order chi connectivity index (χ0) is 14.0. The Kier molecular flexibility index (Phi) is 24.9. The topological polar surface area (TPSA) is 9.23 Å². The van der Waals surface area contributed by atoms with E-state index >= 15 is 0 Å². The second-order valence-electron chi connectivity index (χ2n) is 6.06. The van der Waals surface area contributed by atoms with Crippen molar-refractivity contribution in [3.05, 3.63) is 30.3 Å². The summed E-state index contributed by atoms with van der Waals surface area (Å²) in [5.74, 6) is 1.79. The van der Waals surface area contributed by atoms with Gasteiger partial charge in [-0.05, 0) is 36.8 Å². The van der Waals surface area contributed by atoms with Crippen molar-refractivity contribution in [2.75, 3.05) is 6.61 Å². The minimum Gasteiger partial charge on any atom is -0.310 e. The lowest BCUT2D eigenvalue weighted by Gasteiger charge is -2.28. The largest absolute Gasteiger partial charge is 0.310 e. The molecule has 0 N–H and O–H groups in total. The van der Waals surface area contributed by atoms with Gasteiger partial charge in [-0.15, -0.1) is 0 Å². The molecule has 2 rings (SSSR count). The van der Waals surface area contributed by atoms with Crippen LogP contribution in [-0.4, -0.2) is 6.61 Å². The van der Waals surface area contributed by atoms with Gasteiger partial charge in [-0.3, -0.25) is 23.5 Å². The van der Waals surface area contributed by atoms with Crippen molar-refractivity contribution in [2.45, 2.75) is 63.2 Å². The molecule has 1 aliphatic carbocycles. The molecule has 0 amide bonds. The quantitative estimate of drug-likeness (QED) is 0.271. The standard InChI is InChI=1S/C18H28OS.5FH/c1-2-3-5-8-16-11-13-17(14-12-16)15-19-20-18-9-6-4-7-10-18;;;;;/h4,6-7,9-10,16-17H,2-3,5,8,11-15H2,1H3;5*1H. The molecule has 1 aromatic rings. The molecular formula is C18H33F5OS. The Labute approximate surface area is 152 Å². The number of unbranched alkanes of at least 4 members (excludes halogenated alkanes) is 2. The summed E-state index contributed by atoms with van der Waals surface area (Å²) in [7, 11) is 0. The van der Waals surface area contributed by atoms with Crippen LogP contribution in [0.4, 0.5) is 23.5 Å². The summed E-state index contributed by atoms with van der Waals surface area (Å²) in [5, 5.41) is 0. The van der Waals surface area contributed by atoms with Gasteiger partial charge in [0.25, 0.3) is 0 Å². The number of hydrogen-bond acceptors (Lipinski definition) is 2. The second-order valence-corrected chi connectivity index (χ2v) is 6.94. The Morgan fingerprint density at radius 3 is 1.96 bits per heavy atom. The van der Waals surface area contributed by atoms with Gasteiger partial charge >= 0.3 is 0 Å². The molecule has 0 bridgehead atoms. The lowest BCUT2D eigenvalue weighted by molar-refractivity contribution is 0.194. The maximum absolute atomic E-state index is 5.81. The summed E-state index contributed by atoms with van der Waals surface area (Å²) in [4.78, 5) is 1.21. The first-order valence-corrected chi connectivity index (χ1v) is 8.97. The number of hydrogen-bond donors (Lipinski definition) is 0. The van der Waals surface area contributed by atoms with Crippen molar-refractivity contribution >= 4 is 12.0 Å². The number of rotatable bonds is 8. The van der Waals surface area contributed by atoms with Gasteiger partial charge in [0.1, 0.15) is 0 Å². The minimum atomic E-state index is 0. The van der Waals surface area contributed by atoms with Crippen LogP contribution in [0, 0.1) is 11.8 Å². The van der Waals surface area contributed by atoms with Crippen LogP contribution in [0.1, 0.15) is 58.3 Å². The van der Waals surface area contributed by atoms with Crippen LogP contribution in [-0.2, 0) is 4.18 Å². The molecule has 1 saturated carbocycles. The summed E-state index contributed by atoms with van der Waals surface area (Å²) in [5.41, 5.74) is 0. The van der Waals surface area contributed by atoms with Crippen LogP contribution < -0.4 is 0 Å². The highest BCUT2D eigenvalue weighted by atomic mass is 32.2. The molecule has 1 nitrogen and oxygen atoms in total. The third-order valence-corrected chi connectivity index (χ3v) is 5.10. The molecule has 0 unspecified atom stereocenters. The van der Waals surface area contributed by atoms with E-state index in [9.17, 15) is 0 Å². The smallest absolute Gasteiger partial charge is 0.0646 e. The second kappa shape index (κ2) is 19.5. The van der Waals surface area contributed by atoms with Crippen molar-refractivity contribution in [2.24, 2.45) is 11.8 Å². The van der Waals surface area contributed by atoms with E-state index in [1.54, 1.807) is 0 Å². The highest BCUT2D eigenvalue weighted by Crippen LogP contribution is 2.33. The number of benzene rings is 1. The van der Waals surface area contributed by atoms with Crippen molar-refractivity contribution < 1.29 is 27.7 Å². The summed E-state index contributed by atoms with van der Waals surface area (Å²) in [6.45, 7) is 3.21. The van der Waals surface area contributed by atoms with Crippen LogP contribution in [0.3, 0.4) is 0 Å². The molecule has 0 spiro atoms. The average molecular weight is 393 g/mol. The van der Waals surface area contributed by atoms with Crippen molar-refractivity contribution in [1.82, 2.24) is 0 Å². The fourth-order valence-electron chi connectivity index (χ4n) is 3.04. The zero-order valence-corrected chi connectivity index (χ0v) is 15.6. The Hall–Kier alpha value is -0.820. The lowest BCUT2D eigenvalue weighted by atomic mass is 9.80. The molecule has 0 aliphatic heterocycles. The molecule has 1 fully saturated rings. The monoisotopic (exact) mass is 392 g/mol. The van der Waals surface area contributed by atoms with Crippen LogP contribution in [0.25, 0.3) is 0 Å². The lowest BCUT2D eigenvalue weighted by Crippen LogP contribution is -2.17. The summed E-state index contributed by atoms with van der Waals surface area (Å²) < 4.78 is 5.81. The summed E-state index contributed by atoms with van der Waals surface area (Å²) >= 11 is 1.53. The first-order valence-electron chi connectivity index (χ1n) is 8.23. The molecule has 152 valence electrons. The Balaban J connectivity index is -0.000000441. The van der Waals surface area contributed by atoms with E-state index in [-0.39, 0.29) is 23.5 Å². The van der Waals surface area contributed by atoms with E-state index in [0.717, 1.165) is 18.4 Å². The maximum Gasteiger partial charge on any atom is 0.0646 e. The molecule has 0 heterocycles. The SMILES string of the molecule is CCCCCC1CCC(COSc2ccccc2)CC1.F.F.F.F.F. The molecule has 1 aliphatic rings. The molecule has 0 atom stereocenters. The average Bonchev–Trinajstić information content (AvgIpc) is 2.50. The minimum absolute atomic E-state index is 0. The molecule has 0 saturated heterocycles. The van der Waals surface area contributed by atoms with Gasteiger partial charge < -0.3 is 4.18 Å². The first-order chi connectivity index (χ1) is 9.88. The van der Waals surface area contributed by atoms with Crippen LogP contribution in [0.5, 0.6) is 0 Å². The predicted octanol–water partition coefficient (Wildman–Crippen LogP) is 6.86. The van der Waals surface area contributed by atoms with Crippen LogP contribution in [0.2, 0.25) is 0 Å². The van der Waals surface area contributed by atoms with Gasteiger partial charge in [0.15, 0.2) is 0 Å². The Morgan fingerprint density at radius 1 is 0.840 bits per heavy atom. The molecule has 0 radical (unpaired) electrons. The Bertz CT molecular complexity index is 362. The van der Waals surface area contributed by atoms with E-state index in [1.165, 1.54) is 68.3 Å². The maximum atomic E-state index is 5.81. The van der Waals surface area contributed by atoms with E-state index in [0.29, 0.717) is 0 Å². The summed E-state index contributed by atoms with van der Waals surface area (Å²) in [6, 6.07) is 10.4. The molecule has 7 heteroatoms. The van der Waals surface area contributed by atoms with E-state index in [4.69, 9.17) is 4.18 Å². The third-order valence-electron chi connectivity index (χ3n) is 4.38. The predicted molar refractivity (Wildman–Crippen MR) is 100 cm³/mol. The highest BCUT2D eigenvalue weighted by molar-refractivity contribution is 7.94. The molecule has 0 aromatic heterocycles.